The first-order valence-corrected chi connectivity index (χ1v) is 36.6. The maximum atomic E-state index is 13.1. The molecule has 0 radical (unpaired) electrons. The molecular weight excluding hydrogens is 1330 g/mol. The molecule has 12 N–H and O–H groups in total. The van der Waals surface area contributed by atoms with Crippen molar-refractivity contribution in [2.24, 2.45) is 11.8 Å². The van der Waals surface area contributed by atoms with E-state index in [1.54, 1.807) is 85.5 Å². The molecule has 9 aromatic rings. The number of benzene rings is 1. The van der Waals surface area contributed by atoms with Crippen molar-refractivity contribution in [3.8, 4) is 0 Å². The van der Waals surface area contributed by atoms with Gasteiger partial charge in [-0.3, -0.25) is 19.2 Å². The number of rotatable bonds is 21. The Hall–Kier alpha value is -11.2. The van der Waals surface area contributed by atoms with Crippen LogP contribution in [0.4, 0.5) is 46.5 Å². The fourth-order valence-electron chi connectivity index (χ4n) is 13.5. The Morgan fingerprint density at radius 1 is 0.434 bits per heavy atom. The van der Waals surface area contributed by atoms with Gasteiger partial charge in [-0.2, -0.15) is 0 Å². The van der Waals surface area contributed by atoms with E-state index in [-0.39, 0.29) is 65.3 Å². The number of ketones is 4. The van der Waals surface area contributed by atoms with Crippen LogP contribution in [0.2, 0.25) is 0 Å². The van der Waals surface area contributed by atoms with Crippen molar-refractivity contribution in [1.29, 1.82) is 0 Å². The van der Waals surface area contributed by atoms with Gasteiger partial charge in [0, 0.05) is 152 Å². The summed E-state index contributed by atoms with van der Waals surface area (Å²) in [7, 11) is 0. The van der Waals surface area contributed by atoms with Crippen LogP contribution in [-0.4, -0.2) is 160 Å². The molecule has 13 rings (SSSR count). The second-order valence-electron chi connectivity index (χ2n) is 27.3. The zero-order valence-electron chi connectivity index (χ0n) is 61.7. The Kier molecular flexibility index (Phi) is 27.4. The minimum atomic E-state index is -0.248. The van der Waals surface area contributed by atoms with Crippen molar-refractivity contribution in [3.05, 3.63) is 238 Å². The molecule has 0 amide bonds. The number of piperazine rings is 4. The van der Waals surface area contributed by atoms with Gasteiger partial charge in [0.15, 0.2) is 0 Å². The maximum Gasteiger partial charge on any atom is 0.215 e. The van der Waals surface area contributed by atoms with E-state index in [4.69, 9.17) is 37.9 Å². The van der Waals surface area contributed by atoms with E-state index in [2.05, 4.69) is 119 Å². The predicted octanol–water partition coefficient (Wildman–Crippen LogP) is 12.0. The average molecular weight is 1450 g/mol. The number of carbonyl (C=O) groups is 4. The standard InChI is InChI=1S/C23H23N5O.C21H29N5O.C21H27N5O.C17H21N5O.9H2/c1-2-16-10-11-20(27-21(16)22(29)18-9-6-12-26-23(18)24)28-14-13-25-19(15-28)17-7-4-3-5-8-17;2*1-4-15-7-8-18(26-11-10-23-16(13-26)12-14(2)3)25-19(15)20(27)17-6-5-9-24-21(17)22;1-2-12-5-6-14(22-10-8-19-9-11-22)21-15(12)16(23)13-4-3-7-20-17(13)18;;;;;;;;;/h2-12,19,25H,1,13-15H2,(H2,24,26);5-9,14,16,23H,4,10-13H2,1-3H3,(H2,22,24);4-9,14,16,23H,1,10-13H2,2-3H3,(H2,22,24);3-7,19H,2,8-11H2,1H3,(H2,18,20);9*1H/t;2*16-;;;;;;;;;;/m.00........../s1. The summed E-state index contributed by atoms with van der Waals surface area (Å²) in [6.07, 6.45) is 13.3. The SMILES string of the molecule is C=Cc1ccc(N2CCNC(c3ccccc3)C2)nc1C(=O)c1cccnc1N.C=Cc1ccc(N2CCN[C@@H](CC(C)C)C2)nc1C(=O)c1cccnc1N.CCc1ccc(N2CCNCC2)nc1C(=O)c1cccnc1N.CCc1ccc(N2CCN[C@@H](CC(C)C)C2)nc1C(=O)c1cccnc1N.[HH].[HH].[HH].[HH].[HH].[HH].[HH].[HH].[HH]. The van der Waals surface area contributed by atoms with Gasteiger partial charge in [-0.25, -0.2) is 39.9 Å². The number of nitrogens with zero attached hydrogens (tertiary/aromatic N) is 12. The molecule has 4 saturated heterocycles. The molecule has 24 heteroatoms. The molecule has 3 atom stereocenters. The molecular formula is C82H118N20O4. The molecule has 12 heterocycles. The summed E-state index contributed by atoms with van der Waals surface area (Å²) in [4.78, 5) is 95.9. The minimum Gasteiger partial charge on any atom is -0.383 e. The number of nitrogen functional groups attached to an aromatic ring is 4. The minimum absolute atomic E-state index is 0. The monoisotopic (exact) mass is 1450 g/mol. The Labute approximate surface area is 635 Å². The predicted molar refractivity (Wildman–Crippen MR) is 445 cm³/mol. The molecule has 0 saturated carbocycles. The quantitative estimate of drug-likeness (QED) is 0.0310. The third-order valence-electron chi connectivity index (χ3n) is 19.0. The third-order valence-corrected chi connectivity index (χ3v) is 19.0. The summed E-state index contributed by atoms with van der Waals surface area (Å²) in [5.41, 5.74) is 31.2. The zero-order valence-corrected chi connectivity index (χ0v) is 61.7. The van der Waals surface area contributed by atoms with Crippen molar-refractivity contribution >= 4 is 81.8 Å². The second kappa shape index (κ2) is 37.5. The number of aromatic nitrogens is 8. The van der Waals surface area contributed by atoms with Gasteiger partial charge >= 0.3 is 0 Å². The molecule has 106 heavy (non-hydrogen) atoms. The molecule has 0 aliphatic carbocycles. The van der Waals surface area contributed by atoms with Crippen molar-refractivity contribution < 1.29 is 32.0 Å². The van der Waals surface area contributed by atoms with Crippen LogP contribution in [0.1, 0.15) is 165 Å². The molecule has 8 aromatic heterocycles. The normalized spacial score (nSPS) is 16.5. The van der Waals surface area contributed by atoms with Crippen LogP contribution in [0.5, 0.6) is 0 Å². The number of aryl methyl sites for hydroxylation is 2. The van der Waals surface area contributed by atoms with Crippen molar-refractivity contribution in [2.75, 3.05) is 128 Å². The summed E-state index contributed by atoms with van der Waals surface area (Å²) < 4.78 is 0. The summed E-state index contributed by atoms with van der Waals surface area (Å²) >= 11 is 0. The van der Waals surface area contributed by atoms with Crippen LogP contribution < -0.4 is 63.8 Å². The second-order valence-corrected chi connectivity index (χ2v) is 27.3. The fourth-order valence-corrected chi connectivity index (χ4v) is 13.5. The number of carbonyl (C=O) groups excluding carboxylic acids is 4. The summed E-state index contributed by atoms with van der Waals surface area (Å²) in [5, 5.41) is 14.0. The summed E-state index contributed by atoms with van der Waals surface area (Å²) in [5.74, 6) is 4.65. The van der Waals surface area contributed by atoms with E-state index in [9.17, 15) is 19.2 Å². The van der Waals surface area contributed by atoms with Gasteiger partial charge in [0.05, 0.1) is 22.3 Å². The van der Waals surface area contributed by atoms with E-state index < -0.39 is 0 Å². The molecule has 24 nitrogen and oxygen atoms in total. The number of anilines is 8. The van der Waals surface area contributed by atoms with Gasteiger partial charge in [-0.05, 0) is 139 Å². The fraction of sp³-hybridized carbons (Fsp3) is 0.341. The van der Waals surface area contributed by atoms with E-state index in [1.807, 2.05) is 80.6 Å². The molecule has 0 bridgehead atoms. The lowest BCUT2D eigenvalue weighted by molar-refractivity contribution is 0.102. The van der Waals surface area contributed by atoms with Gasteiger partial charge in [0.25, 0.3) is 0 Å². The van der Waals surface area contributed by atoms with Crippen molar-refractivity contribution in [2.45, 2.75) is 85.4 Å². The van der Waals surface area contributed by atoms with Gasteiger partial charge in [-0.15, -0.1) is 0 Å². The Morgan fingerprint density at radius 2 is 0.774 bits per heavy atom. The number of nitrogens with two attached hydrogens (primary N) is 4. The largest absolute Gasteiger partial charge is 0.383 e. The van der Waals surface area contributed by atoms with Crippen LogP contribution in [0, 0.1) is 11.8 Å². The molecule has 570 valence electrons. The van der Waals surface area contributed by atoms with E-state index in [1.165, 1.54) is 5.56 Å². The molecule has 4 aliphatic heterocycles. The molecule has 4 aliphatic rings. The zero-order chi connectivity index (χ0) is 75.2. The Bertz CT molecular complexity index is 4550. The third kappa shape index (κ3) is 19.8. The van der Waals surface area contributed by atoms with Crippen LogP contribution >= 0.6 is 0 Å². The van der Waals surface area contributed by atoms with Gasteiger partial charge in [0.1, 0.15) is 69.3 Å². The van der Waals surface area contributed by atoms with Crippen molar-refractivity contribution in [1.82, 2.24) is 61.1 Å². The Morgan fingerprint density at radius 3 is 1.14 bits per heavy atom. The van der Waals surface area contributed by atoms with Crippen LogP contribution in [0.15, 0.2) is 165 Å². The number of hydrogen-bond donors (Lipinski definition) is 8. The first kappa shape index (κ1) is 77.4. The van der Waals surface area contributed by atoms with E-state index >= 15 is 0 Å². The highest BCUT2D eigenvalue weighted by Gasteiger charge is 2.29. The first-order valence-electron chi connectivity index (χ1n) is 36.6. The summed E-state index contributed by atoms with van der Waals surface area (Å²) in [6, 6.07) is 40.7. The topological polar surface area (TPSA) is 337 Å². The highest BCUT2D eigenvalue weighted by Crippen LogP contribution is 2.29. The molecule has 1 aromatic carbocycles. The molecule has 4 fully saturated rings. The smallest absolute Gasteiger partial charge is 0.215 e. The summed E-state index contributed by atoms with van der Waals surface area (Å²) in [6.45, 7) is 32.0. The first-order chi connectivity index (χ1) is 51.4. The van der Waals surface area contributed by atoms with E-state index in [0.29, 0.717) is 80.1 Å². The molecule has 0 spiro atoms. The number of pyridine rings is 8. The average Bonchev–Trinajstić information content (AvgIpc) is 0.772. The van der Waals surface area contributed by atoms with Crippen LogP contribution in [0.3, 0.4) is 0 Å². The van der Waals surface area contributed by atoms with Gasteiger partial charge < -0.3 is 63.8 Å². The maximum absolute atomic E-state index is 13.1. The highest BCUT2D eigenvalue weighted by molar-refractivity contribution is 6.14. The molecule has 1 unspecified atom stereocenters. The Balaban J connectivity index is 0.000000749. The number of hydrogen-bond acceptors (Lipinski definition) is 24. The lowest BCUT2D eigenvalue weighted by atomic mass is 10.0. The van der Waals surface area contributed by atoms with Crippen LogP contribution in [0.25, 0.3) is 12.2 Å². The van der Waals surface area contributed by atoms with Gasteiger partial charge in [0.2, 0.25) is 23.1 Å². The van der Waals surface area contributed by atoms with Crippen LogP contribution in [-0.2, 0) is 12.8 Å². The van der Waals surface area contributed by atoms with E-state index in [0.717, 1.165) is 145 Å². The lowest BCUT2D eigenvalue weighted by Crippen LogP contribution is -2.51. The van der Waals surface area contributed by atoms with Crippen molar-refractivity contribution in [3.63, 3.8) is 0 Å². The number of nitrogens with one attached hydrogen (secondary N) is 4. The highest BCUT2D eigenvalue weighted by atomic mass is 16.1. The van der Waals surface area contributed by atoms with Gasteiger partial charge in [-0.1, -0.05) is 109 Å². The lowest BCUT2D eigenvalue weighted by Gasteiger charge is -2.35.